The summed E-state index contributed by atoms with van der Waals surface area (Å²) in [6, 6.07) is 8.70. The molecule has 1 fully saturated rings. The van der Waals surface area contributed by atoms with E-state index in [-0.39, 0.29) is 0 Å². The molecular weight excluding hydrogens is 210 g/mol. The zero-order chi connectivity index (χ0) is 12.1. The van der Waals surface area contributed by atoms with Crippen molar-refractivity contribution in [3.8, 4) is 5.75 Å². The first-order chi connectivity index (χ1) is 8.31. The van der Waals surface area contributed by atoms with Gasteiger partial charge in [0.1, 0.15) is 5.75 Å². The van der Waals surface area contributed by atoms with Gasteiger partial charge in [-0.25, -0.2) is 0 Å². The zero-order valence-corrected chi connectivity index (χ0v) is 10.9. The van der Waals surface area contributed by atoms with Crippen molar-refractivity contribution in [2.45, 2.75) is 45.1 Å². The van der Waals surface area contributed by atoms with E-state index >= 15 is 0 Å². The fourth-order valence-corrected chi connectivity index (χ4v) is 2.76. The maximum Gasteiger partial charge on any atom is 0.141 e. The normalized spacial score (nSPS) is 18.7. The number of hydrogen-bond donors (Lipinski definition) is 1. The topological polar surface area (TPSA) is 21.3 Å². The highest BCUT2D eigenvalue weighted by Gasteiger charge is 2.20. The first-order valence-electron chi connectivity index (χ1n) is 6.71. The van der Waals surface area contributed by atoms with Gasteiger partial charge in [0.2, 0.25) is 0 Å². The molecule has 1 aliphatic carbocycles. The van der Waals surface area contributed by atoms with E-state index in [1.165, 1.54) is 32.1 Å². The molecule has 2 heteroatoms. The van der Waals surface area contributed by atoms with Crippen LogP contribution in [0.1, 0.15) is 39.0 Å². The molecule has 1 aromatic rings. The summed E-state index contributed by atoms with van der Waals surface area (Å²) >= 11 is 0. The van der Waals surface area contributed by atoms with E-state index in [9.17, 15) is 0 Å². The van der Waals surface area contributed by atoms with Gasteiger partial charge in [0.25, 0.3) is 0 Å². The van der Waals surface area contributed by atoms with Crippen LogP contribution in [0.5, 0.6) is 5.75 Å². The van der Waals surface area contributed by atoms with E-state index in [4.69, 9.17) is 4.74 Å². The number of rotatable bonds is 4. The monoisotopic (exact) mass is 233 g/mol. The molecule has 0 unspecified atom stereocenters. The van der Waals surface area contributed by atoms with Crippen LogP contribution in [0.4, 0.5) is 5.69 Å². The molecule has 1 atom stereocenters. The van der Waals surface area contributed by atoms with Crippen LogP contribution in [0.3, 0.4) is 0 Å². The first kappa shape index (κ1) is 12.3. The van der Waals surface area contributed by atoms with Crippen molar-refractivity contribution in [1.82, 2.24) is 0 Å². The summed E-state index contributed by atoms with van der Waals surface area (Å²) in [5.41, 5.74) is 1.12. The molecule has 1 aliphatic rings. The number of benzene rings is 1. The van der Waals surface area contributed by atoms with Crippen molar-refractivity contribution >= 4 is 5.69 Å². The Bertz CT molecular complexity index is 345. The standard InChI is InChI=1S/C15H23NO/c1-12(13-8-4-3-5-9-13)16-14-10-6-7-11-15(14)17-2/h6-7,10-13,16H,3-5,8-9H2,1-2H3/t12-/m1/s1. The highest BCUT2D eigenvalue weighted by Crippen LogP contribution is 2.30. The lowest BCUT2D eigenvalue weighted by molar-refractivity contribution is 0.327. The van der Waals surface area contributed by atoms with E-state index in [1.807, 2.05) is 12.1 Å². The maximum atomic E-state index is 5.37. The molecule has 17 heavy (non-hydrogen) atoms. The van der Waals surface area contributed by atoms with Crippen molar-refractivity contribution in [1.29, 1.82) is 0 Å². The second kappa shape index (κ2) is 5.95. The molecule has 94 valence electrons. The quantitative estimate of drug-likeness (QED) is 0.846. The Hall–Kier alpha value is -1.18. The Kier molecular flexibility index (Phi) is 4.29. The second-order valence-electron chi connectivity index (χ2n) is 5.03. The molecule has 0 aromatic heterocycles. The fraction of sp³-hybridized carbons (Fsp3) is 0.600. The average Bonchev–Trinajstić information content (AvgIpc) is 2.40. The Balaban J connectivity index is 1.99. The number of anilines is 1. The van der Waals surface area contributed by atoms with E-state index in [0.717, 1.165) is 17.4 Å². The van der Waals surface area contributed by atoms with Crippen LogP contribution in [0.15, 0.2) is 24.3 Å². The Morgan fingerprint density at radius 1 is 1.18 bits per heavy atom. The smallest absolute Gasteiger partial charge is 0.141 e. The van der Waals surface area contributed by atoms with E-state index < -0.39 is 0 Å². The number of nitrogens with one attached hydrogen (secondary N) is 1. The van der Waals surface area contributed by atoms with Crippen LogP contribution in [0.2, 0.25) is 0 Å². The SMILES string of the molecule is COc1ccccc1N[C@H](C)C1CCCCC1. The van der Waals surface area contributed by atoms with Gasteiger partial charge < -0.3 is 10.1 Å². The van der Waals surface area contributed by atoms with Crippen LogP contribution in [-0.2, 0) is 0 Å². The van der Waals surface area contributed by atoms with Gasteiger partial charge in [-0.05, 0) is 37.8 Å². The van der Waals surface area contributed by atoms with Gasteiger partial charge in [-0.2, -0.15) is 0 Å². The van der Waals surface area contributed by atoms with Crippen LogP contribution >= 0.6 is 0 Å². The lowest BCUT2D eigenvalue weighted by Gasteiger charge is -2.29. The first-order valence-corrected chi connectivity index (χ1v) is 6.71. The summed E-state index contributed by atoms with van der Waals surface area (Å²) < 4.78 is 5.37. The second-order valence-corrected chi connectivity index (χ2v) is 5.03. The molecule has 0 amide bonds. The summed E-state index contributed by atoms with van der Waals surface area (Å²) in [7, 11) is 1.73. The van der Waals surface area contributed by atoms with Crippen LogP contribution in [0.25, 0.3) is 0 Å². The van der Waals surface area contributed by atoms with Gasteiger partial charge in [0.05, 0.1) is 12.8 Å². The minimum Gasteiger partial charge on any atom is -0.495 e. The van der Waals surface area contributed by atoms with Crippen molar-refractivity contribution in [2.75, 3.05) is 12.4 Å². The van der Waals surface area contributed by atoms with E-state index in [1.54, 1.807) is 7.11 Å². The van der Waals surface area contributed by atoms with Crippen LogP contribution in [-0.4, -0.2) is 13.2 Å². The predicted octanol–water partition coefficient (Wildman–Crippen LogP) is 4.08. The minimum absolute atomic E-state index is 0.534. The molecule has 2 nitrogen and oxygen atoms in total. The minimum atomic E-state index is 0.534. The Morgan fingerprint density at radius 3 is 2.59 bits per heavy atom. The maximum absolute atomic E-state index is 5.37. The Labute approximate surface area is 104 Å². The molecular formula is C15H23NO. The molecule has 0 spiro atoms. The molecule has 0 saturated heterocycles. The molecule has 1 aromatic carbocycles. The summed E-state index contributed by atoms with van der Waals surface area (Å²) in [6.45, 7) is 2.29. The zero-order valence-electron chi connectivity index (χ0n) is 10.9. The molecule has 0 bridgehead atoms. The summed E-state index contributed by atoms with van der Waals surface area (Å²) in [6.07, 6.45) is 6.93. The molecule has 2 rings (SSSR count). The highest BCUT2D eigenvalue weighted by atomic mass is 16.5. The highest BCUT2D eigenvalue weighted by molar-refractivity contribution is 5.56. The number of methoxy groups -OCH3 is 1. The Morgan fingerprint density at radius 2 is 1.88 bits per heavy atom. The number of hydrogen-bond acceptors (Lipinski definition) is 2. The van der Waals surface area contributed by atoms with Gasteiger partial charge >= 0.3 is 0 Å². The third-order valence-corrected chi connectivity index (χ3v) is 3.85. The average molecular weight is 233 g/mol. The van der Waals surface area contributed by atoms with E-state index in [2.05, 4.69) is 24.4 Å². The van der Waals surface area contributed by atoms with Crippen molar-refractivity contribution in [2.24, 2.45) is 5.92 Å². The molecule has 1 saturated carbocycles. The van der Waals surface area contributed by atoms with Crippen LogP contribution in [0, 0.1) is 5.92 Å². The third-order valence-electron chi connectivity index (χ3n) is 3.85. The number of para-hydroxylation sites is 2. The molecule has 0 heterocycles. The lowest BCUT2D eigenvalue weighted by atomic mass is 9.84. The van der Waals surface area contributed by atoms with Gasteiger partial charge in [0, 0.05) is 6.04 Å². The summed E-state index contributed by atoms with van der Waals surface area (Å²) in [5.74, 6) is 1.75. The predicted molar refractivity (Wildman–Crippen MR) is 72.7 cm³/mol. The van der Waals surface area contributed by atoms with Gasteiger partial charge in [0.15, 0.2) is 0 Å². The van der Waals surface area contributed by atoms with Crippen molar-refractivity contribution < 1.29 is 4.74 Å². The van der Waals surface area contributed by atoms with Crippen molar-refractivity contribution in [3.05, 3.63) is 24.3 Å². The molecule has 0 aliphatic heterocycles. The van der Waals surface area contributed by atoms with Crippen LogP contribution < -0.4 is 10.1 Å². The fourth-order valence-electron chi connectivity index (χ4n) is 2.76. The van der Waals surface area contributed by atoms with E-state index in [0.29, 0.717) is 6.04 Å². The molecule has 1 N–H and O–H groups in total. The van der Waals surface area contributed by atoms with Gasteiger partial charge in [-0.1, -0.05) is 31.4 Å². The lowest BCUT2D eigenvalue weighted by Crippen LogP contribution is -2.27. The van der Waals surface area contributed by atoms with Gasteiger partial charge in [-0.3, -0.25) is 0 Å². The molecule has 0 radical (unpaired) electrons. The van der Waals surface area contributed by atoms with Gasteiger partial charge in [-0.15, -0.1) is 0 Å². The van der Waals surface area contributed by atoms with Crippen molar-refractivity contribution in [3.63, 3.8) is 0 Å². The largest absolute Gasteiger partial charge is 0.495 e. The third kappa shape index (κ3) is 3.15. The summed E-state index contributed by atoms with van der Waals surface area (Å²) in [5, 5.41) is 3.61. The number of ether oxygens (including phenoxy) is 1. The summed E-state index contributed by atoms with van der Waals surface area (Å²) in [4.78, 5) is 0.